The van der Waals surface area contributed by atoms with Crippen LogP contribution >= 0.6 is 11.8 Å². The Bertz CT molecular complexity index is 218. The van der Waals surface area contributed by atoms with E-state index in [2.05, 4.69) is 30.3 Å². The number of hydrogen-bond donors (Lipinski definition) is 1. The van der Waals surface area contributed by atoms with Crippen LogP contribution in [0.4, 0.5) is 0 Å². The SMILES string of the molecule is CSC(C)(C)CNC1CCN2CCC1C2. The van der Waals surface area contributed by atoms with Crippen molar-refractivity contribution in [2.75, 3.05) is 32.4 Å². The molecule has 0 aromatic rings. The Hall–Kier alpha value is 0.270. The highest BCUT2D eigenvalue weighted by Gasteiger charge is 2.34. The van der Waals surface area contributed by atoms with Gasteiger partial charge in [0.05, 0.1) is 0 Å². The highest BCUT2D eigenvalue weighted by Crippen LogP contribution is 2.28. The lowest BCUT2D eigenvalue weighted by atomic mass is 9.94. The van der Waals surface area contributed by atoms with Gasteiger partial charge in [0.15, 0.2) is 0 Å². The van der Waals surface area contributed by atoms with E-state index in [1.807, 2.05) is 11.8 Å². The lowest BCUT2D eigenvalue weighted by Gasteiger charge is -2.33. The second kappa shape index (κ2) is 4.64. The van der Waals surface area contributed by atoms with Gasteiger partial charge in [0.1, 0.15) is 0 Å². The maximum absolute atomic E-state index is 3.79. The molecule has 2 bridgehead atoms. The fraction of sp³-hybridized carbons (Fsp3) is 1.00. The minimum absolute atomic E-state index is 0.385. The summed E-state index contributed by atoms with van der Waals surface area (Å²) in [5, 5.41) is 3.79. The van der Waals surface area contributed by atoms with Crippen molar-refractivity contribution >= 4 is 11.8 Å². The third-order valence-corrected chi connectivity index (χ3v) is 5.23. The molecule has 88 valence electrons. The summed E-state index contributed by atoms with van der Waals surface area (Å²) in [6, 6.07) is 0.787. The average molecular weight is 228 g/mol. The van der Waals surface area contributed by atoms with E-state index < -0.39 is 0 Å². The summed E-state index contributed by atoms with van der Waals surface area (Å²) in [5.74, 6) is 0.927. The van der Waals surface area contributed by atoms with Gasteiger partial charge in [0.2, 0.25) is 0 Å². The Labute approximate surface area is 98.2 Å². The number of hydrogen-bond acceptors (Lipinski definition) is 3. The van der Waals surface area contributed by atoms with Crippen molar-refractivity contribution in [2.24, 2.45) is 5.92 Å². The number of fused-ring (bicyclic) bond motifs is 2. The van der Waals surface area contributed by atoms with Crippen LogP contribution in [0.2, 0.25) is 0 Å². The van der Waals surface area contributed by atoms with Gasteiger partial charge >= 0.3 is 0 Å². The van der Waals surface area contributed by atoms with Crippen LogP contribution in [0.3, 0.4) is 0 Å². The fourth-order valence-corrected chi connectivity index (χ4v) is 2.90. The lowest BCUT2D eigenvalue weighted by Crippen LogP contribution is -2.47. The molecule has 0 amide bonds. The zero-order chi connectivity index (χ0) is 10.9. The molecule has 0 saturated carbocycles. The first kappa shape index (κ1) is 11.7. The van der Waals surface area contributed by atoms with E-state index in [1.165, 1.54) is 32.5 Å². The largest absolute Gasteiger partial charge is 0.312 e. The third-order valence-electron chi connectivity index (χ3n) is 3.98. The first-order chi connectivity index (χ1) is 7.11. The fourth-order valence-electron chi connectivity index (χ4n) is 2.67. The third kappa shape index (κ3) is 2.89. The predicted molar refractivity (Wildman–Crippen MR) is 68.5 cm³/mol. The Morgan fingerprint density at radius 3 is 2.80 bits per heavy atom. The van der Waals surface area contributed by atoms with Crippen LogP contribution in [-0.2, 0) is 0 Å². The molecule has 2 saturated heterocycles. The maximum atomic E-state index is 3.79. The van der Waals surface area contributed by atoms with Crippen molar-refractivity contribution in [3.05, 3.63) is 0 Å². The highest BCUT2D eigenvalue weighted by molar-refractivity contribution is 7.99. The number of piperidine rings is 1. The summed E-state index contributed by atoms with van der Waals surface area (Å²) in [5.41, 5.74) is 0. The second-order valence-corrected chi connectivity index (χ2v) is 7.10. The smallest absolute Gasteiger partial charge is 0.0225 e. The van der Waals surface area contributed by atoms with Crippen molar-refractivity contribution in [2.45, 2.75) is 37.5 Å². The van der Waals surface area contributed by atoms with Gasteiger partial charge in [-0.25, -0.2) is 0 Å². The van der Waals surface area contributed by atoms with Crippen LogP contribution in [0.5, 0.6) is 0 Å². The Kier molecular flexibility index (Phi) is 3.63. The number of nitrogens with zero attached hydrogens (tertiary/aromatic N) is 1. The molecule has 1 N–H and O–H groups in total. The summed E-state index contributed by atoms with van der Waals surface area (Å²) in [6.45, 7) is 9.80. The van der Waals surface area contributed by atoms with E-state index in [0.717, 1.165) is 18.5 Å². The molecule has 0 spiro atoms. The van der Waals surface area contributed by atoms with Crippen molar-refractivity contribution in [1.29, 1.82) is 0 Å². The Balaban J connectivity index is 1.79. The molecule has 3 unspecified atom stereocenters. The number of thioether (sulfide) groups is 1. The van der Waals surface area contributed by atoms with Crippen LogP contribution < -0.4 is 5.32 Å². The monoisotopic (exact) mass is 228 g/mol. The van der Waals surface area contributed by atoms with Gasteiger partial charge < -0.3 is 10.2 Å². The van der Waals surface area contributed by atoms with Gasteiger partial charge in [-0.2, -0.15) is 11.8 Å². The molecular formula is C12H24N2S. The molecule has 2 heterocycles. The molecule has 0 radical (unpaired) electrons. The summed E-state index contributed by atoms with van der Waals surface area (Å²) >= 11 is 1.96. The zero-order valence-electron chi connectivity index (χ0n) is 10.3. The normalized spacial score (nSPS) is 35.8. The second-order valence-electron chi connectivity index (χ2n) is 5.59. The predicted octanol–water partition coefficient (Wildman–Crippen LogP) is 1.81. The molecule has 2 nitrogen and oxygen atoms in total. The van der Waals surface area contributed by atoms with Crippen molar-refractivity contribution < 1.29 is 0 Å². The van der Waals surface area contributed by atoms with Crippen LogP contribution in [-0.4, -0.2) is 48.1 Å². The average Bonchev–Trinajstić information content (AvgIpc) is 2.60. The van der Waals surface area contributed by atoms with Crippen LogP contribution in [0.1, 0.15) is 26.7 Å². The first-order valence-corrected chi connectivity index (χ1v) is 7.34. The Morgan fingerprint density at radius 1 is 1.33 bits per heavy atom. The topological polar surface area (TPSA) is 15.3 Å². The molecule has 3 heteroatoms. The minimum Gasteiger partial charge on any atom is -0.312 e. The van der Waals surface area contributed by atoms with Gasteiger partial charge in [-0.05, 0) is 52.0 Å². The van der Waals surface area contributed by atoms with Crippen LogP contribution in [0, 0.1) is 5.92 Å². The minimum atomic E-state index is 0.385. The number of nitrogens with one attached hydrogen (secondary N) is 1. The molecule has 3 atom stereocenters. The van der Waals surface area contributed by atoms with E-state index in [9.17, 15) is 0 Å². The molecule has 0 aromatic carbocycles. The van der Waals surface area contributed by atoms with E-state index in [4.69, 9.17) is 0 Å². The van der Waals surface area contributed by atoms with Gasteiger partial charge in [-0.3, -0.25) is 0 Å². The van der Waals surface area contributed by atoms with Crippen molar-refractivity contribution in [3.8, 4) is 0 Å². The molecule has 0 aliphatic carbocycles. The van der Waals surface area contributed by atoms with Crippen LogP contribution in [0.25, 0.3) is 0 Å². The van der Waals surface area contributed by atoms with E-state index in [0.29, 0.717) is 4.75 Å². The van der Waals surface area contributed by atoms with Crippen molar-refractivity contribution in [1.82, 2.24) is 10.2 Å². The first-order valence-electron chi connectivity index (χ1n) is 6.11. The molecule has 2 aliphatic rings. The van der Waals surface area contributed by atoms with Gasteiger partial charge in [0, 0.05) is 23.9 Å². The molecular weight excluding hydrogens is 204 g/mol. The molecule has 2 aliphatic heterocycles. The van der Waals surface area contributed by atoms with Crippen LogP contribution in [0.15, 0.2) is 0 Å². The molecule has 15 heavy (non-hydrogen) atoms. The summed E-state index contributed by atoms with van der Waals surface area (Å²) < 4.78 is 0.385. The summed E-state index contributed by atoms with van der Waals surface area (Å²) in [4.78, 5) is 2.61. The molecule has 2 fully saturated rings. The van der Waals surface area contributed by atoms with Gasteiger partial charge in [-0.1, -0.05) is 0 Å². The number of rotatable bonds is 4. The quantitative estimate of drug-likeness (QED) is 0.790. The summed E-state index contributed by atoms with van der Waals surface area (Å²) in [6.07, 6.45) is 4.98. The van der Waals surface area contributed by atoms with Crippen molar-refractivity contribution in [3.63, 3.8) is 0 Å². The standard InChI is InChI=1S/C12H24N2S/c1-12(2,15-3)9-13-11-5-7-14-6-4-10(11)8-14/h10-11,13H,4-9H2,1-3H3. The highest BCUT2D eigenvalue weighted by atomic mass is 32.2. The van der Waals surface area contributed by atoms with Gasteiger partial charge in [-0.15, -0.1) is 0 Å². The van der Waals surface area contributed by atoms with Gasteiger partial charge in [0.25, 0.3) is 0 Å². The molecule has 2 rings (SSSR count). The van der Waals surface area contributed by atoms with E-state index >= 15 is 0 Å². The molecule has 0 aromatic heterocycles. The maximum Gasteiger partial charge on any atom is 0.0225 e. The summed E-state index contributed by atoms with van der Waals surface area (Å²) in [7, 11) is 0. The van der Waals surface area contributed by atoms with E-state index in [1.54, 1.807) is 0 Å². The Morgan fingerprint density at radius 2 is 2.07 bits per heavy atom. The lowest BCUT2D eigenvalue weighted by molar-refractivity contribution is 0.219. The van der Waals surface area contributed by atoms with E-state index in [-0.39, 0.29) is 0 Å². The zero-order valence-corrected chi connectivity index (χ0v) is 11.1.